The molecule has 0 atom stereocenters. The molecule has 1 N–H and O–H groups in total. The normalized spacial score (nSPS) is 17.3. The number of pyridine rings is 2. The zero-order valence-corrected chi connectivity index (χ0v) is 17.9. The van der Waals surface area contributed by atoms with Crippen LogP contribution < -0.4 is 15.1 Å². The van der Waals surface area contributed by atoms with Crippen LogP contribution in [0.2, 0.25) is 0 Å². The second-order valence-corrected chi connectivity index (χ2v) is 8.38. The van der Waals surface area contributed by atoms with E-state index in [9.17, 15) is 4.79 Å². The molecule has 3 aromatic rings. The first kappa shape index (κ1) is 19.8. The lowest BCUT2D eigenvalue weighted by molar-refractivity contribution is 0.102. The van der Waals surface area contributed by atoms with Crippen LogP contribution in [-0.2, 0) is 0 Å². The molecule has 4 heterocycles. The summed E-state index contributed by atoms with van der Waals surface area (Å²) in [6, 6.07) is 7.98. The molecule has 0 bridgehead atoms. The summed E-state index contributed by atoms with van der Waals surface area (Å²) >= 11 is 0. The number of carbonyl (C=O) groups excluding carboxylic acids is 1. The van der Waals surface area contributed by atoms with Crippen LogP contribution in [0.1, 0.15) is 23.2 Å². The summed E-state index contributed by atoms with van der Waals surface area (Å²) in [7, 11) is 2.16. The van der Waals surface area contributed by atoms with Crippen molar-refractivity contribution < 1.29 is 4.79 Å². The van der Waals surface area contributed by atoms with Crippen molar-refractivity contribution in [3.05, 3.63) is 54.6 Å². The molecule has 7 heteroatoms. The Kier molecular flexibility index (Phi) is 5.42. The highest BCUT2D eigenvalue weighted by Crippen LogP contribution is 2.33. The van der Waals surface area contributed by atoms with Gasteiger partial charge in [0, 0.05) is 74.3 Å². The fraction of sp³-hybridized carbons (Fsp3) is 0.375. The molecule has 2 aliphatic rings. The van der Waals surface area contributed by atoms with Crippen LogP contribution in [0.5, 0.6) is 0 Å². The molecule has 5 rings (SSSR count). The Hall–Kier alpha value is -3.19. The highest BCUT2D eigenvalue weighted by atomic mass is 16.1. The lowest BCUT2D eigenvalue weighted by atomic mass is 10.1. The third-order valence-electron chi connectivity index (χ3n) is 6.38. The van der Waals surface area contributed by atoms with E-state index in [1.54, 1.807) is 12.4 Å². The van der Waals surface area contributed by atoms with Crippen molar-refractivity contribution in [2.24, 2.45) is 0 Å². The molecule has 2 aliphatic heterocycles. The van der Waals surface area contributed by atoms with E-state index in [0.717, 1.165) is 74.3 Å². The first-order valence-electron chi connectivity index (χ1n) is 11.0. The molecule has 2 saturated heterocycles. The Labute approximate surface area is 182 Å². The van der Waals surface area contributed by atoms with Gasteiger partial charge in [-0.25, -0.2) is 0 Å². The second-order valence-electron chi connectivity index (χ2n) is 8.38. The summed E-state index contributed by atoms with van der Waals surface area (Å²) in [5.41, 5.74) is 3.56. The summed E-state index contributed by atoms with van der Waals surface area (Å²) in [5.74, 6) is -0.109. The summed E-state index contributed by atoms with van der Waals surface area (Å²) in [6.45, 7) is 6.03. The maximum atomic E-state index is 13.3. The van der Waals surface area contributed by atoms with E-state index in [-0.39, 0.29) is 5.91 Å². The molecular weight excluding hydrogens is 388 g/mol. The van der Waals surface area contributed by atoms with Crippen LogP contribution in [0, 0.1) is 0 Å². The van der Waals surface area contributed by atoms with E-state index in [1.807, 2.05) is 30.6 Å². The van der Waals surface area contributed by atoms with E-state index < -0.39 is 0 Å². The molecule has 0 spiro atoms. The van der Waals surface area contributed by atoms with E-state index in [2.05, 4.69) is 43.1 Å². The average molecular weight is 417 g/mol. The molecule has 160 valence electrons. The molecule has 0 aliphatic carbocycles. The number of nitrogens with one attached hydrogen (secondary N) is 1. The largest absolute Gasteiger partial charge is 0.370 e. The van der Waals surface area contributed by atoms with Crippen LogP contribution in [0.4, 0.5) is 17.1 Å². The molecule has 1 amide bonds. The first-order chi connectivity index (χ1) is 15.2. The van der Waals surface area contributed by atoms with Crippen LogP contribution >= 0.6 is 0 Å². The quantitative estimate of drug-likeness (QED) is 0.705. The SMILES string of the molecule is CN1CCN(c2ccc(NC(=O)c3ccncc3N3CCCC3)c3cnccc23)CC1. The zero-order valence-electron chi connectivity index (χ0n) is 17.9. The molecule has 0 saturated carbocycles. The predicted octanol–water partition coefficient (Wildman–Crippen LogP) is 3.23. The van der Waals surface area contributed by atoms with Crippen LogP contribution in [0.25, 0.3) is 10.8 Å². The van der Waals surface area contributed by atoms with E-state index in [0.29, 0.717) is 5.56 Å². The Morgan fingerprint density at radius 1 is 0.806 bits per heavy atom. The predicted molar refractivity (Wildman–Crippen MR) is 125 cm³/mol. The number of hydrogen-bond acceptors (Lipinski definition) is 6. The van der Waals surface area contributed by atoms with Crippen molar-refractivity contribution in [2.45, 2.75) is 12.8 Å². The van der Waals surface area contributed by atoms with Gasteiger partial charge in [-0.3, -0.25) is 14.8 Å². The van der Waals surface area contributed by atoms with Crippen molar-refractivity contribution in [2.75, 3.05) is 61.4 Å². The summed E-state index contributed by atoms with van der Waals surface area (Å²) in [4.78, 5) is 28.9. The number of amides is 1. The maximum Gasteiger partial charge on any atom is 0.257 e. The summed E-state index contributed by atoms with van der Waals surface area (Å²) in [6.07, 6.45) is 9.46. The topological polar surface area (TPSA) is 64.6 Å². The minimum absolute atomic E-state index is 0.109. The molecular formula is C24H28N6O. The van der Waals surface area contributed by atoms with Gasteiger partial charge in [-0.2, -0.15) is 0 Å². The Morgan fingerprint density at radius 3 is 2.32 bits per heavy atom. The third kappa shape index (κ3) is 3.93. The fourth-order valence-corrected chi connectivity index (χ4v) is 4.58. The number of rotatable bonds is 4. The minimum Gasteiger partial charge on any atom is -0.370 e. The Morgan fingerprint density at radius 2 is 1.52 bits per heavy atom. The molecule has 0 radical (unpaired) electrons. The number of carbonyl (C=O) groups is 1. The van der Waals surface area contributed by atoms with E-state index >= 15 is 0 Å². The standard InChI is InChI=1S/C24H28N6O/c1-28-12-14-30(15-13-28)22-5-4-21(20-16-25-8-6-18(20)22)27-24(31)19-7-9-26-17-23(19)29-10-2-3-11-29/h4-9,16-17H,2-3,10-15H2,1H3,(H,27,31). The van der Waals surface area contributed by atoms with Gasteiger partial charge in [0.05, 0.1) is 23.1 Å². The van der Waals surface area contributed by atoms with Gasteiger partial charge in [-0.15, -0.1) is 0 Å². The van der Waals surface area contributed by atoms with Gasteiger partial charge < -0.3 is 20.0 Å². The monoisotopic (exact) mass is 416 g/mol. The van der Waals surface area contributed by atoms with Gasteiger partial charge in [0.1, 0.15) is 0 Å². The fourth-order valence-electron chi connectivity index (χ4n) is 4.58. The first-order valence-corrected chi connectivity index (χ1v) is 11.0. The van der Waals surface area contributed by atoms with Crippen molar-refractivity contribution in [1.82, 2.24) is 14.9 Å². The van der Waals surface area contributed by atoms with E-state index in [4.69, 9.17) is 0 Å². The van der Waals surface area contributed by atoms with Gasteiger partial charge in [0.25, 0.3) is 5.91 Å². The summed E-state index contributed by atoms with van der Waals surface area (Å²) in [5, 5.41) is 5.22. The number of piperazine rings is 1. The lowest BCUT2D eigenvalue weighted by Gasteiger charge is -2.34. The van der Waals surface area contributed by atoms with Gasteiger partial charge in [-0.05, 0) is 44.2 Å². The molecule has 31 heavy (non-hydrogen) atoms. The summed E-state index contributed by atoms with van der Waals surface area (Å²) < 4.78 is 0. The highest BCUT2D eigenvalue weighted by molar-refractivity contribution is 6.13. The zero-order chi connectivity index (χ0) is 21.2. The Balaban J connectivity index is 1.45. The number of hydrogen-bond donors (Lipinski definition) is 1. The molecule has 0 unspecified atom stereocenters. The molecule has 2 fully saturated rings. The van der Waals surface area contributed by atoms with Crippen molar-refractivity contribution in [3.8, 4) is 0 Å². The number of benzene rings is 1. The van der Waals surface area contributed by atoms with E-state index in [1.165, 1.54) is 5.69 Å². The third-order valence-corrected chi connectivity index (χ3v) is 6.38. The molecule has 1 aromatic carbocycles. The van der Waals surface area contributed by atoms with Crippen molar-refractivity contribution in [1.29, 1.82) is 0 Å². The molecule has 2 aromatic heterocycles. The van der Waals surface area contributed by atoms with Gasteiger partial charge >= 0.3 is 0 Å². The Bertz CT molecular complexity index is 1090. The van der Waals surface area contributed by atoms with Crippen molar-refractivity contribution >= 4 is 33.7 Å². The van der Waals surface area contributed by atoms with Crippen LogP contribution in [-0.4, -0.2) is 67.1 Å². The molecule has 7 nitrogen and oxygen atoms in total. The smallest absolute Gasteiger partial charge is 0.257 e. The van der Waals surface area contributed by atoms with Crippen molar-refractivity contribution in [3.63, 3.8) is 0 Å². The highest BCUT2D eigenvalue weighted by Gasteiger charge is 2.21. The van der Waals surface area contributed by atoms with Gasteiger partial charge in [-0.1, -0.05) is 0 Å². The second kappa shape index (κ2) is 8.51. The maximum absolute atomic E-state index is 13.3. The number of likely N-dealkylation sites (N-methyl/N-ethyl adjacent to an activating group) is 1. The number of fused-ring (bicyclic) bond motifs is 1. The van der Waals surface area contributed by atoms with Crippen LogP contribution in [0.15, 0.2) is 49.1 Å². The minimum atomic E-state index is -0.109. The van der Waals surface area contributed by atoms with Gasteiger partial charge in [0.2, 0.25) is 0 Å². The van der Waals surface area contributed by atoms with Gasteiger partial charge in [0.15, 0.2) is 0 Å². The number of aromatic nitrogens is 2. The van der Waals surface area contributed by atoms with Crippen LogP contribution in [0.3, 0.4) is 0 Å². The number of nitrogens with zero attached hydrogens (tertiary/aromatic N) is 5. The number of anilines is 3. The average Bonchev–Trinajstić information content (AvgIpc) is 3.35. The lowest BCUT2D eigenvalue weighted by Crippen LogP contribution is -2.44.